The first-order valence-corrected chi connectivity index (χ1v) is 8.74. The molecule has 2 rings (SSSR count). The van der Waals surface area contributed by atoms with Gasteiger partial charge in [-0.2, -0.15) is 8.78 Å². The van der Waals surface area contributed by atoms with Crippen LogP contribution < -0.4 is 0 Å². The Morgan fingerprint density at radius 3 is 2.38 bits per heavy atom. The number of hydrogen-bond acceptors (Lipinski definition) is 4. The summed E-state index contributed by atoms with van der Waals surface area (Å²) in [4.78, 5) is 19.4. The van der Waals surface area contributed by atoms with E-state index in [4.69, 9.17) is 0 Å². The number of thiophene rings is 1. The van der Waals surface area contributed by atoms with Crippen LogP contribution in [0.2, 0.25) is 0 Å². The molecule has 0 atom stereocenters. The molecule has 0 radical (unpaired) electrons. The van der Waals surface area contributed by atoms with Crippen LogP contribution in [0.5, 0.6) is 0 Å². The fraction of sp³-hybridized carbons (Fsp3) is 0.412. The van der Waals surface area contributed by atoms with Crippen LogP contribution in [-0.2, 0) is 6.05 Å². The van der Waals surface area contributed by atoms with Crippen LogP contribution in [0.3, 0.4) is 0 Å². The summed E-state index contributed by atoms with van der Waals surface area (Å²) >= 11 is 1.17. The van der Waals surface area contributed by atoms with Crippen molar-refractivity contribution in [2.45, 2.75) is 19.9 Å². The van der Waals surface area contributed by atoms with Gasteiger partial charge in [-0.25, -0.2) is 0 Å². The predicted octanol–water partition coefficient (Wildman–Crippen LogP) is 3.68. The number of rotatable bonds is 8. The van der Waals surface area contributed by atoms with E-state index < -0.39 is 12.0 Å². The maximum atomic E-state index is 15.0. The lowest BCUT2D eigenvalue weighted by molar-refractivity contribution is -0.132. The van der Waals surface area contributed by atoms with Gasteiger partial charge in [-0.1, -0.05) is 19.9 Å². The zero-order valence-electron chi connectivity index (χ0n) is 13.8. The molecule has 0 aliphatic rings. The number of pyridine rings is 1. The highest BCUT2D eigenvalue weighted by molar-refractivity contribution is 7.12. The number of nitrogens with zero attached hydrogens (tertiary/aromatic N) is 3. The van der Waals surface area contributed by atoms with Crippen LogP contribution >= 0.6 is 11.3 Å². The van der Waals surface area contributed by atoms with E-state index in [-0.39, 0.29) is 12.1 Å². The molecule has 0 N–H and O–H groups in total. The summed E-state index contributed by atoms with van der Waals surface area (Å²) in [5, 5.41) is 1.71. The zero-order chi connectivity index (χ0) is 17.6. The number of hydrogen-bond donors (Lipinski definition) is 0. The molecule has 2 aromatic rings. The van der Waals surface area contributed by atoms with Gasteiger partial charge in [0.25, 0.3) is 5.91 Å². The number of likely N-dealkylation sites (N-methyl/N-ethyl adjacent to an activating group) is 1. The first-order chi connectivity index (χ1) is 11.5. The third-order valence-electron chi connectivity index (χ3n) is 3.88. The average Bonchev–Trinajstić information content (AvgIpc) is 3.13. The van der Waals surface area contributed by atoms with Gasteiger partial charge in [-0.15, -0.1) is 11.3 Å². The first-order valence-electron chi connectivity index (χ1n) is 7.86. The molecule has 0 spiro atoms. The van der Waals surface area contributed by atoms with E-state index in [1.807, 2.05) is 18.7 Å². The van der Waals surface area contributed by atoms with Crippen LogP contribution in [0.4, 0.5) is 8.78 Å². The van der Waals surface area contributed by atoms with Crippen molar-refractivity contribution < 1.29 is 13.6 Å². The largest absolute Gasteiger partial charge is 0.355 e. The Morgan fingerprint density at radius 2 is 1.83 bits per heavy atom. The number of carbonyl (C=O) groups excluding carboxylic acids is 1. The van der Waals surface area contributed by atoms with Gasteiger partial charge in [-0.3, -0.25) is 14.7 Å². The zero-order valence-corrected chi connectivity index (χ0v) is 14.6. The Morgan fingerprint density at radius 1 is 1.17 bits per heavy atom. The number of amides is 1. The van der Waals surface area contributed by atoms with E-state index in [1.54, 1.807) is 17.5 Å². The minimum Gasteiger partial charge on any atom is -0.302 e. The fourth-order valence-corrected chi connectivity index (χ4v) is 3.06. The summed E-state index contributed by atoms with van der Waals surface area (Å²) in [6, 6.07) is 2.35. The molecule has 0 saturated heterocycles. The van der Waals surface area contributed by atoms with E-state index in [0.29, 0.717) is 16.3 Å². The lowest BCUT2D eigenvalue weighted by atomic mass is 10.2. The summed E-state index contributed by atoms with van der Waals surface area (Å²) < 4.78 is 30.0. The smallest absolute Gasteiger partial charge is 0.302 e. The van der Waals surface area contributed by atoms with Crippen LogP contribution in [0.15, 0.2) is 42.0 Å². The van der Waals surface area contributed by atoms with Crippen molar-refractivity contribution >= 4 is 17.2 Å². The van der Waals surface area contributed by atoms with E-state index in [9.17, 15) is 13.6 Å². The van der Waals surface area contributed by atoms with Crippen molar-refractivity contribution in [2.75, 3.05) is 26.2 Å². The topological polar surface area (TPSA) is 36.4 Å². The molecule has 7 heteroatoms. The lowest BCUT2D eigenvalue weighted by Crippen LogP contribution is -2.47. The maximum absolute atomic E-state index is 15.0. The van der Waals surface area contributed by atoms with E-state index in [1.165, 1.54) is 35.9 Å². The Balaban J connectivity index is 2.29. The van der Waals surface area contributed by atoms with Gasteiger partial charge in [0.15, 0.2) is 0 Å². The maximum Gasteiger partial charge on any atom is 0.355 e. The van der Waals surface area contributed by atoms with Gasteiger partial charge < -0.3 is 4.90 Å². The number of carbonyl (C=O) groups is 1. The summed E-state index contributed by atoms with van der Waals surface area (Å²) in [6.07, 6.45) is 2.61. The molecular weight excluding hydrogens is 332 g/mol. The van der Waals surface area contributed by atoms with Gasteiger partial charge in [0, 0.05) is 31.0 Å². The molecule has 0 aliphatic carbocycles. The van der Waals surface area contributed by atoms with E-state index in [0.717, 1.165) is 13.1 Å². The second-order valence-electron chi connectivity index (χ2n) is 5.24. The molecule has 0 bridgehead atoms. The van der Waals surface area contributed by atoms with Crippen molar-refractivity contribution in [1.29, 1.82) is 0 Å². The Labute approximate surface area is 144 Å². The van der Waals surface area contributed by atoms with E-state index >= 15 is 0 Å². The molecule has 0 saturated carbocycles. The summed E-state index contributed by atoms with van der Waals surface area (Å²) in [5.74, 6) is -0.654. The summed E-state index contributed by atoms with van der Waals surface area (Å²) in [6.45, 7) is 5.78. The quantitative estimate of drug-likeness (QED) is 0.680. The molecule has 4 nitrogen and oxygen atoms in total. The summed E-state index contributed by atoms with van der Waals surface area (Å²) in [5.41, 5.74) is -0.234. The highest BCUT2D eigenvalue weighted by Crippen LogP contribution is 2.33. The molecule has 2 aromatic heterocycles. The summed E-state index contributed by atoms with van der Waals surface area (Å²) in [7, 11) is 0. The molecule has 0 fully saturated rings. The molecular formula is C17H21F2N3OS. The Bertz CT molecular complexity index is 631. The highest BCUT2D eigenvalue weighted by atomic mass is 32.1. The molecule has 24 heavy (non-hydrogen) atoms. The molecule has 2 heterocycles. The molecule has 130 valence electrons. The lowest BCUT2D eigenvalue weighted by Gasteiger charge is -2.33. The highest BCUT2D eigenvalue weighted by Gasteiger charge is 2.42. The van der Waals surface area contributed by atoms with Gasteiger partial charge in [-0.05, 0) is 36.7 Å². The van der Waals surface area contributed by atoms with E-state index in [2.05, 4.69) is 4.98 Å². The van der Waals surface area contributed by atoms with Gasteiger partial charge in [0.1, 0.15) is 0 Å². The molecule has 0 aromatic carbocycles. The second-order valence-corrected chi connectivity index (χ2v) is 6.19. The Hall–Kier alpha value is -1.86. The SMILES string of the molecule is CCN(CC)CCN(C(=O)c1cccs1)C(F)(F)c1ccncc1. The minimum atomic E-state index is -3.39. The average molecular weight is 353 g/mol. The standard InChI is InChI=1S/C17H21F2N3OS/c1-3-21(4-2)11-12-22(16(23)15-6-5-13-24-15)17(18,19)14-7-9-20-10-8-14/h5-10,13H,3-4,11-12H2,1-2H3. The van der Waals surface area contributed by atoms with Gasteiger partial charge in [0.2, 0.25) is 0 Å². The van der Waals surface area contributed by atoms with Crippen LogP contribution in [0.1, 0.15) is 29.1 Å². The number of alkyl halides is 2. The molecule has 0 unspecified atom stereocenters. The predicted molar refractivity (Wildman–Crippen MR) is 91.3 cm³/mol. The van der Waals surface area contributed by atoms with Crippen molar-refractivity contribution in [2.24, 2.45) is 0 Å². The number of halogens is 2. The normalized spacial score (nSPS) is 11.7. The third-order valence-corrected chi connectivity index (χ3v) is 4.74. The van der Waals surface area contributed by atoms with Crippen molar-refractivity contribution in [3.63, 3.8) is 0 Å². The second kappa shape index (κ2) is 8.30. The molecule has 0 aliphatic heterocycles. The monoisotopic (exact) mass is 353 g/mol. The van der Waals surface area contributed by atoms with Crippen molar-refractivity contribution in [3.8, 4) is 0 Å². The van der Waals surface area contributed by atoms with Gasteiger partial charge >= 0.3 is 6.05 Å². The minimum absolute atomic E-state index is 0.0479. The number of aromatic nitrogens is 1. The van der Waals surface area contributed by atoms with Crippen molar-refractivity contribution in [1.82, 2.24) is 14.8 Å². The first kappa shape index (κ1) is 18.5. The Kier molecular flexibility index (Phi) is 6.39. The van der Waals surface area contributed by atoms with Crippen molar-refractivity contribution in [3.05, 3.63) is 52.5 Å². The van der Waals surface area contributed by atoms with Crippen LogP contribution in [-0.4, -0.2) is 46.9 Å². The fourth-order valence-electron chi connectivity index (χ4n) is 2.39. The van der Waals surface area contributed by atoms with Crippen LogP contribution in [0.25, 0.3) is 0 Å². The third kappa shape index (κ3) is 4.15. The van der Waals surface area contributed by atoms with Crippen LogP contribution in [0, 0.1) is 0 Å². The molecule has 1 amide bonds. The van der Waals surface area contributed by atoms with Gasteiger partial charge in [0.05, 0.1) is 4.88 Å².